The molecule has 0 amide bonds. The third-order valence-electron chi connectivity index (χ3n) is 1.91. The Balaban J connectivity index is 2.35. The normalized spacial score (nSPS) is 9.88. The smallest absolute Gasteiger partial charge is 0.184 e. The third-order valence-corrected chi connectivity index (χ3v) is 3.28. The van der Waals surface area contributed by atoms with E-state index in [0.29, 0.717) is 5.03 Å². The highest BCUT2D eigenvalue weighted by atomic mass is 35.5. The van der Waals surface area contributed by atoms with E-state index >= 15 is 0 Å². The SMILES string of the molecule is N#Cc1nc(Cl)c(Sc2ccccc2)nc1N. The lowest BCUT2D eigenvalue weighted by Gasteiger charge is -2.04. The number of hydrogen-bond acceptors (Lipinski definition) is 5. The molecule has 2 aromatic rings. The van der Waals surface area contributed by atoms with Crippen molar-refractivity contribution in [2.24, 2.45) is 0 Å². The quantitative estimate of drug-likeness (QED) is 0.901. The van der Waals surface area contributed by atoms with Crippen LogP contribution in [0.15, 0.2) is 40.3 Å². The number of rotatable bonds is 2. The van der Waals surface area contributed by atoms with Crippen molar-refractivity contribution < 1.29 is 0 Å². The van der Waals surface area contributed by atoms with Crippen molar-refractivity contribution >= 4 is 29.2 Å². The fourth-order valence-corrected chi connectivity index (χ4v) is 2.19. The van der Waals surface area contributed by atoms with Crippen molar-refractivity contribution in [2.75, 3.05) is 5.73 Å². The van der Waals surface area contributed by atoms with E-state index in [1.165, 1.54) is 11.8 Å². The van der Waals surface area contributed by atoms with Gasteiger partial charge in [0.1, 0.15) is 11.1 Å². The second-order valence-corrected chi connectivity index (χ2v) is 4.50. The predicted octanol–water partition coefficient (Wildman–Crippen LogP) is 2.74. The lowest BCUT2D eigenvalue weighted by molar-refractivity contribution is 1.05. The van der Waals surface area contributed by atoms with E-state index in [1.807, 2.05) is 36.4 Å². The lowest BCUT2D eigenvalue weighted by atomic mass is 10.4. The molecule has 0 saturated heterocycles. The first-order valence-electron chi connectivity index (χ1n) is 4.66. The van der Waals surface area contributed by atoms with Gasteiger partial charge in [-0.2, -0.15) is 5.26 Å². The molecule has 0 saturated carbocycles. The van der Waals surface area contributed by atoms with E-state index in [9.17, 15) is 0 Å². The molecule has 0 aliphatic rings. The highest BCUT2D eigenvalue weighted by Crippen LogP contribution is 2.31. The zero-order valence-electron chi connectivity index (χ0n) is 8.59. The molecule has 0 bridgehead atoms. The van der Waals surface area contributed by atoms with Crippen molar-refractivity contribution in [1.82, 2.24) is 9.97 Å². The molecular weight excluding hydrogens is 256 g/mol. The summed E-state index contributed by atoms with van der Waals surface area (Å²) in [5, 5.41) is 9.41. The van der Waals surface area contributed by atoms with Gasteiger partial charge in [-0.25, -0.2) is 9.97 Å². The van der Waals surface area contributed by atoms with E-state index in [-0.39, 0.29) is 16.7 Å². The van der Waals surface area contributed by atoms with Gasteiger partial charge in [-0.3, -0.25) is 0 Å². The molecule has 0 atom stereocenters. The third kappa shape index (κ3) is 2.67. The first kappa shape index (κ1) is 11.7. The second-order valence-electron chi connectivity index (χ2n) is 3.08. The maximum atomic E-state index is 8.73. The van der Waals surface area contributed by atoms with E-state index in [1.54, 1.807) is 0 Å². The minimum Gasteiger partial charge on any atom is -0.381 e. The Morgan fingerprint density at radius 1 is 1.24 bits per heavy atom. The van der Waals surface area contributed by atoms with Gasteiger partial charge in [0.2, 0.25) is 0 Å². The van der Waals surface area contributed by atoms with Gasteiger partial charge in [-0.05, 0) is 12.1 Å². The molecule has 0 aliphatic heterocycles. The Kier molecular flexibility index (Phi) is 3.47. The lowest BCUT2D eigenvalue weighted by Crippen LogP contribution is -2.00. The molecule has 0 radical (unpaired) electrons. The summed E-state index contributed by atoms with van der Waals surface area (Å²) < 4.78 is 0. The zero-order chi connectivity index (χ0) is 12.3. The fourth-order valence-electron chi connectivity index (χ4n) is 1.16. The van der Waals surface area contributed by atoms with Crippen LogP contribution in [0.25, 0.3) is 0 Å². The van der Waals surface area contributed by atoms with E-state index < -0.39 is 0 Å². The maximum Gasteiger partial charge on any atom is 0.184 e. The largest absolute Gasteiger partial charge is 0.381 e. The molecule has 0 aliphatic carbocycles. The van der Waals surface area contributed by atoms with E-state index in [4.69, 9.17) is 22.6 Å². The van der Waals surface area contributed by atoms with Crippen LogP contribution in [0.1, 0.15) is 5.69 Å². The summed E-state index contributed by atoms with van der Waals surface area (Å²) in [4.78, 5) is 8.93. The van der Waals surface area contributed by atoms with Gasteiger partial charge in [0, 0.05) is 4.90 Å². The van der Waals surface area contributed by atoms with Crippen molar-refractivity contribution in [3.8, 4) is 6.07 Å². The molecule has 4 nitrogen and oxygen atoms in total. The Bertz CT molecular complexity index is 580. The molecule has 2 rings (SSSR count). The van der Waals surface area contributed by atoms with Gasteiger partial charge >= 0.3 is 0 Å². The fraction of sp³-hybridized carbons (Fsp3) is 0. The average molecular weight is 263 g/mol. The average Bonchev–Trinajstić information content (AvgIpc) is 2.34. The van der Waals surface area contributed by atoms with Gasteiger partial charge in [0.05, 0.1) is 0 Å². The number of nitriles is 1. The zero-order valence-corrected chi connectivity index (χ0v) is 10.2. The molecule has 84 valence electrons. The van der Waals surface area contributed by atoms with Gasteiger partial charge < -0.3 is 5.73 Å². The monoisotopic (exact) mass is 262 g/mol. The molecule has 1 heterocycles. The Hall–Kier alpha value is -1.77. The molecule has 1 aromatic heterocycles. The number of aromatic nitrogens is 2. The summed E-state index contributed by atoms with van der Waals surface area (Å²) in [5.74, 6) is 0.0929. The highest BCUT2D eigenvalue weighted by Gasteiger charge is 2.11. The van der Waals surface area contributed by atoms with Crippen LogP contribution in [-0.4, -0.2) is 9.97 Å². The predicted molar refractivity (Wildman–Crippen MR) is 66.7 cm³/mol. The molecule has 1 aromatic carbocycles. The number of nitrogens with two attached hydrogens (primary N) is 1. The molecule has 6 heteroatoms. The van der Waals surface area contributed by atoms with Crippen LogP contribution < -0.4 is 5.73 Å². The number of nitrogens with zero attached hydrogens (tertiary/aromatic N) is 3. The summed E-state index contributed by atoms with van der Waals surface area (Å²) in [6.45, 7) is 0. The van der Waals surface area contributed by atoms with Gasteiger partial charge in [0.25, 0.3) is 0 Å². The van der Waals surface area contributed by atoms with Crippen molar-refractivity contribution in [3.63, 3.8) is 0 Å². The van der Waals surface area contributed by atoms with Crippen LogP contribution in [0, 0.1) is 11.3 Å². The second kappa shape index (κ2) is 5.04. The molecule has 17 heavy (non-hydrogen) atoms. The summed E-state index contributed by atoms with van der Waals surface area (Å²) in [6, 6.07) is 11.4. The van der Waals surface area contributed by atoms with Crippen LogP contribution in [0.2, 0.25) is 5.15 Å². The minimum atomic E-state index is 0.0485. The van der Waals surface area contributed by atoms with E-state index in [0.717, 1.165) is 4.90 Å². The molecule has 0 spiro atoms. The summed E-state index contributed by atoms with van der Waals surface area (Å²) in [6.07, 6.45) is 0. The van der Waals surface area contributed by atoms with Crippen molar-refractivity contribution in [3.05, 3.63) is 41.2 Å². The van der Waals surface area contributed by atoms with Crippen LogP contribution >= 0.6 is 23.4 Å². The topological polar surface area (TPSA) is 75.6 Å². The van der Waals surface area contributed by atoms with Gasteiger partial charge in [0.15, 0.2) is 16.7 Å². The number of anilines is 1. The van der Waals surface area contributed by atoms with Crippen LogP contribution in [0.4, 0.5) is 5.82 Å². The highest BCUT2D eigenvalue weighted by molar-refractivity contribution is 7.99. The van der Waals surface area contributed by atoms with Crippen molar-refractivity contribution in [2.45, 2.75) is 9.92 Å². The first-order chi connectivity index (χ1) is 8.20. The standard InChI is InChI=1S/C11H7ClN4S/c12-9-11(16-10(14)8(6-13)15-9)17-7-4-2-1-3-5-7/h1-5H,(H2,14,16). The summed E-state index contributed by atoms with van der Waals surface area (Å²) in [5.41, 5.74) is 5.63. The molecule has 2 N–H and O–H groups in total. The molecular formula is C11H7ClN4S. The maximum absolute atomic E-state index is 8.73. The van der Waals surface area contributed by atoms with Crippen LogP contribution in [-0.2, 0) is 0 Å². The van der Waals surface area contributed by atoms with Crippen molar-refractivity contribution in [1.29, 1.82) is 5.26 Å². The first-order valence-corrected chi connectivity index (χ1v) is 5.86. The summed E-state index contributed by atoms with van der Waals surface area (Å²) in [7, 11) is 0. The molecule has 0 unspecified atom stereocenters. The number of halogens is 1. The Labute approximate surface area is 107 Å². The van der Waals surface area contributed by atoms with Gasteiger partial charge in [-0.1, -0.05) is 41.6 Å². The minimum absolute atomic E-state index is 0.0485. The Morgan fingerprint density at radius 3 is 2.59 bits per heavy atom. The van der Waals surface area contributed by atoms with E-state index in [2.05, 4.69) is 9.97 Å². The number of benzene rings is 1. The van der Waals surface area contributed by atoms with Crippen LogP contribution in [0.5, 0.6) is 0 Å². The number of hydrogen-bond donors (Lipinski definition) is 1. The van der Waals surface area contributed by atoms with Crippen LogP contribution in [0.3, 0.4) is 0 Å². The Morgan fingerprint density at radius 2 is 1.94 bits per heavy atom. The molecule has 0 fully saturated rings. The summed E-state index contributed by atoms with van der Waals surface area (Å²) >= 11 is 7.28. The number of nitrogen functional groups attached to an aromatic ring is 1. The van der Waals surface area contributed by atoms with Gasteiger partial charge in [-0.15, -0.1) is 0 Å².